The predicted molar refractivity (Wildman–Crippen MR) is 80.2 cm³/mol. The average molecular weight is 295 g/mol. The molecule has 1 fully saturated rings. The van der Waals surface area contributed by atoms with E-state index in [1.165, 1.54) is 10.4 Å². The number of aliphatic imine (C=N–C) groups is 1. The summed E-state index contributed by atoms with van der Waals surface area (Å²) in [6, 6.07) is 2.15. The van der Waals surface area contributed by atoms with Crippen LogP contribution in [0.25, 0.3) is 0 Å². The van der Waals surface area contributed by atoms with E-state index in [0.717, 1.165) is 39.3 Å². The molecule has 20 heavy (non-hydrogen) atoms. The summed E-state index contributed by atoms with van der Waals surface area (Å²) in [5.41, 5.74) is 7.02. The molecule has 1 aromatic heterocycles. The topological polar surface area (TPSA) is 60.1 Å². The van der Waals surface area contributed by atoms with E-state index >= 15 is 0 Å². The summed E-state index contributed by atoms with van der Waals surface area (Å²) < 4.78 is 11.3. The van der Waals surface area contributed by atoms with Crippen molar-refractivity contribution in [1.29, 1.82) is 0 Å². The highest BCUT2D eigenvalue weighted by atomic mass is 32.1. The number of thiophene rings is 1. The number of rotatable bonds is 2. The Bertz CT molecular complexity index is 496. The lowest BCUT2D eigenvalue weighted by atomic mass is 9.93. The smallest absolute Gasteiger partial charge is 0.191 e. The maximum atomic E-state index is 6.09. The second kappa shape index (κ2) is 5.71. The van der Waals surface area contributed by atoms with Crippen molar-refractivity contribution >= 4 is 17.3 Å². The highest BCUT2D eigenvalue weighted by Gasteiger charge is 2.34. The van der Waals surface area contributed by atoms with E-state index < -0.39 is 0 Å². The van der Waals surface area contributed by atoms with Gasteiger partial charge in [0.1, 0.15) is 5.60 Å². The van der Waals surface area contributed by atoms with E-state index in [9.17, 15) is 0 Å². The van der Waals surface area contributed by atoms with E-state index in [-0.39, 0.29) is 5.60 Å². The van der Waals surface area contributed by atoms with Gasteiger partial charge in [0, 0.05) is 24.4 Å². The Balaban J connectivity index is 1.71. The van der Waals surface area contributed by atoms with Gasteiger partial charge >= 0.3 is 0 Å². The predicted octanol–water partition coefficient (Wildman–Crippen LogP) is 1.18. The van der Waals surface area contributed by atoms with Gasteiger partial charge in [-0.25, -0.2) is 4.99 Å². The summed E-state index contributed by atoms with van der Waals surface area (Å²) in [6.45, 7) is 6.51. The molecule has 1 saturated heterocycles. The molecule has 1 unspecified atom stereocenters. The monoisotopic (exact) mass is 295 g/mol. The molecule has 0 radical (unpaired) electrons. The van der Waals surface area contributed by atoms with Gasteiger partial charge in [0.05, 0.1) is 26.4 Å². The molecule has 0 spiro atoms. The molecule has 110 valence electrons. The minimum absolute atomic E-state index is 0.343. The van der Waals surface area contributed by atoms with E-state index in [0.29, 0.717) is 12.5 Å². The number of morpholine rings is 1. The first-order chi connectivity index (χ1) is 9.69. The Morgan fingerprint density at radius 2 is 2.25 bits per heavy atom. The van der Waals surface area contributed by atoms with Gasteiger partial charge < -0.3 is 20.1 Å². The van der Waals surface area contributed by atoms with Crippen LogP contribution in [0.2, 0.25) is 0 Å². The van der Waals surface area contributed by atoms with Gasteiger partial charge in [-0.2, -0.15) is 0 Å². The third kappa shape index (κ3) is 2.68. The largest absolute Gasteiger partial charge is 0.378 e. The number of hydrogen-bond acceptors (Lipinski definition) is 4. The first-order valence-electron chi connectivity index (χ1n) is 7.02. The molecule has 5 nitrogen and oxygen atoms in total. The Labute approximate surface area is 123 Å². The average Bonchev–Trinajstić information content (AvgIpc) is 2.96. The summed E-state index contributed by atoms with van der Waals surface area (Å²) in [4.78, 5) is 8.06. The van der Waals surface area contributed by atoms with Crippen LogP contribution in [0.5, 0.6) is 0 Å². The van der Waals surface area contributed by atoms with Crippen LogP contribution >= 0.6 is 11.3 Å². The second-order valence-electron chi connectivity index (χ2n) is 5.36. The van der Waals surface area contributed by atoms with Crippen LogP contribution in [0.1, 0.15) is 17.4 Å². The number of nitrogens with zero attached hydrogens (tertiary/aromatic N) is 2. The van der Waals surface area contributed by atoms with Crippen LogP contribution in [0.4, 0.5) is 0 Å². The highest BCUT2D eigenvalue weighted by molar-refractivity contribution is 7.10. The Morgan fingerprint density at radius 3 is 3.05 bits per heavy atom. The van der Waals surface area contributed by atoms with Crippen LogP contribution in [0.15, 0.2) is 16.4 Å². The Hall–Kier alpha value is -1.11. The fraction of sp³-hybridized carbons (Fsp3) is 0.643. The van der Waals surface area contributed by atoms with Crippen molar-refractivity contribution in [2.45, 2.75) is 18.9 Å². The maximum Gasteiger partial charge on any atom is 0.191 e. The lowest BCUT2D eigenvalue weighted by molar-refractivity contribution is -0.0377. The van der Waals surface area contributed by atoms with Gasteiger partial charge in [0.25, 0.3) is 0 Å². The van der Waals surface area contributed by atoms with Gasteiger partial charge in [-0.15, -0.1) is 11.3 Å². The fourth-order valence-electron chi connectivity index (χ4n) is 2.71. The normalized spacial score (nSPS) is 27.4. The molecule has 3 rings (SSSR count). The van der Waals surface area contributed by atoms with Crippen LogP contribution in [-0.2, 0) is 21.5 Å². The lowest BCUT2D eigenvalue weighted by Gasteiger charge is -2.34. The van der Waals surface area contributed by atoms with E-state index in [1.807, 2.05) is 0 Å². The molecular formula is C14H21N3O2S. The number of fused-ring (bicyclic) bond motifs is 1. The minimum Gasteiger partial charge on any atom is -0.378 e. The van der Waals surface area contributed by atoms with Crippen molar-refractivity contribution in [3.8, 4) is 0 Å². The molecule has 6 heteroatoms. The molecule has 2 aliphatic heterocycles. The second-order valence-corrected chi connectivity index (χ2v) is 6.36. The molecule has 0 aliphatic carbocycles. The summed E-state index contributed by atoms with van der Waals surface area (Å²) in [5, 5.41) is 2.13. The van der Waals surface area contributed by atoms with Crippen molar-refractivity contribution in [3.05, 3.63) is 21.9 Å². The van der Waals surface area contributed by atoms with Crippen molar-refractivity contribution < 1.29 is 9.47 Å². The van der Waals surface area contributed by atoms with Gasteiger partial charge in [-0.3, -0.25) is 0 Å². The fourth-order valence-corrected chi connectivity index (χ4v) is 3.69. The van der Waals surface area contributed by atoms with Gasteiger partial charge in [0.15, 0.2) is 5.96 Å². The van der Waals surface area contributed by atoms with Crippen molar-refractivity contribution in [3.63, 3.8) is 0 Å². The first-order valence-corrected chi connectivity index (χ1v) is 7.90. The maximum absolute atomic E-state index is 6.09. The minimum atomic E-state index is -0.343. The van der Waals surface area contributed by atoms with E-state index in [2.05, 4.69) is 28.3 Å². The molecule has 3 heterocycles. The standard InChI is InChI=1S/C14H21N3O2S/c1-14(11-3-9-20-12(11)2-6-19-14)10-16-13(15)17-4-7-18-8-5-17/h3,9H,2,4-8,10H2,1H3,(H2,15,16). The lowest BCUT2D eigenvalue weighted by Crippen LogP contribution is -2.45. The molecular weight excluding hydrogens is 274 g/mol. The van der Waals surface area contributed by atoms with Crippen LogP contribution in [0.3, 0.4) is 0 Å². The van der Waals surface area contributed by atoms with Crippen molar-refractivity contribution in [1.82, 2.24) is 4.90 Å². The van der Waals surface area contributed by atoms with E-state index in [4.69, 9.17) is 15.2 Å². The summed E-state index contributed by atoms with van der Waals surface area (Å²) in [5.74, 6) is 0.598. The van der Waals surface area contributed by atoms with Crippen LogP contribution < -0.4 is 5.73 Å². The number of nitrogens with two attached hydrogens (primary N) is 1. The van der Waals surface area contributed by atoms with Crippen molar-refractivity contribution in [2.75, 3.05) is 39.5 Å². The molecule has 0 bridgehead atoms. The van der Waals surface area contributed by atoms with Gasteiger partial charge in [-0.05, 0) is 23.9 Å². The molecule has 1 atom stereocenters. The third-order valence-corrected chi connectivity index (χ3v) is 4.92. The highest BCUT2D eigenvalue weighted by Crippen LogP contribution is 2.36. The SMILES string of the molecule is CC1(CN=C(N)N2CCOCC2)OCCc2sccc21. The zero-order valence-corrected chi connectivity index (χ0v) is 12.6. The third-order valence-electron chi connectivity index (χ3n) is 3.94. The van der Waals surface area contributed by atoms with E-state index in [1.54, 1.807) is 11.3 Å². The molecule has 2 N–H and O–H groups in total. The zero-order chi connectivity index (χ0) is 14.0. The molecule has 0 amide bonds. The van der Waals surface area contributed by atoms with Gasteiger partial charge in [-0.1, -0.05) is 0 Å². The summed E-state index contributed by atoms with van der Waals surface area (Å²) >= 11 is 1.80. The molecule has 0 aromatic carbocycles. The first kappa shape index (κ1) is 13.9. The number of ether oxygens (including phenoxy) is 2. The summed E-state index contributed by atoms with van der Waals surface area (Å²) in [7, 11) is 0. The quantitative estimate of drug-likeness (QED) is 0.657. The summed E-state index contributed by atoms with van der Waals surface area (Å²) in [6.07, 6.45) is 1.01. The number of guanidine groups is 1. The van der Waals surface area contributed by atoms with Gasteiger partial charge in [0.2, 0.25) is 0 Å². The van der Waals surface area contributed by atoms with Crippen LogP contribution in [0, 0.1) is 0 Å². The van der Waals surface area contributed by atoms with Crippen LogP contribution in [-0.4, -0.2) is 50.3 Å². The molecule has 0 saturated carbocycles. The molecule has 1 aromatic rings. The Kier molecular flexibility index (Phi) is 3.96. The number of hydrogen-bond donors (Lipinski definition) is 1. The molecule has 2 aliphatic rings. The Morgan fingerprint density at radius 1 is 1.45 bits per heavy atom. The zero-order valence-electron chi connectivity index (χ0n) is 11.8. The van der Waals surface area contributed by atoms with Crippen molar-refractivity contribution in [2.24, 2.45) is 10.7 Å².